The SMILES string of the molecule is CCC1(CC)CC(C)(N)CCC1(C)C. The van der Waals surface area contributed by atoms with Gasteiger partial charge in [-0.1, -0.05) is 27.7 Å². The van der Waals surface area contributed by atoms with Crippen molar-refractivity contribution in [3.05, 3.63) is 0 Å². The summed E-state index contributed by atoms with van der Waals surface area (Å²) < 4.78 is 0. The molecule has 84 valence electrons. The molecule has 0 saturated heterocycles. The smallest absolute Gasteiger partial charge is 0.0131 e. The third-order valence-electron chi connectivity index (χ3n) is 4.85. The van der Waals surface area contributed by atoms with Gasteiger partial charge in [-0.25, -0.2) is 0 Å². The Morgan fingerprint density at radius 2 is 1.50 bits per heavy atom. The third kappa shape index (κ3) is 1.84. The van der Waals surface area contributed by atoms with E-state index in [0.717, 1.165) is 0 Å². The van der Waals surface area contributed by atoms with Gasteiger partial charge >= 0.3 is 0 Å². The van der Waals surface area contributed by atoms with Crippen molar-refractivity contribution in [1.29, 1.82) is 0 Å². The highest BCUT2D eigenvalue weighted by atomic mass is 14.8. The summed E-state index contributed by atoms with van der Waals surface area (Å²) in [4.78, 5) is 0. The highest BCUT2D eigenvalue weighted by molar-refractivity contribution is 5.02. The Kier molecular flexibility index (Phi) is 3.02. The lowest BCUT2D eigenvalue weighted by Gasteiger charge is -2.55. The van der Waals surface area contributed by atoms with Crippen molar-refractivity contribution in [2.75, 3.05) is 0 Å². The van der Waals surface area contributed by atoms with Gasteiger partial charge in [0.15, 0.2) is 0 Å². The van der Waals surface area contributed by atoms with Gasteiger partial charge < -0.3 is 5.73 Å². The monoisotopic (exact) mass is 197 g/mol. The van der Waals surface area contributed by atoms with Gasteiger partial charge in [0.1, 0.15) is 0 Å². The van der Waals surface area contributed by atoms with Crippen LogP contribution < -0.4 is 5.73 Å². The Balaban J connectivity index is 2.96. The molecule has 1 aliphatic carbocycles. The average Bonchev–Trinajstić information content (AvgIpc) is 2.10. The van der Waals surface area contributed by atoms with Crippen molar-refractivity contribution >= 4 is 0 Å². The van der Waals surface area contributed by atoms with Crippen molar-refractivity contribution in [1.82, 2.24) is 0 Å². The molecular formula is C13H27N. The van der Waals surface area contributed by atoms with Crippen LogP contribution in [0.1, 0.15) is 66.7 Å². The lowest BCUT2D eigenvalue weighted by molar-refractivity contribution is -0.0246. The van der Waals surface area contributed by atoms with Gasteiger partial charge in [0.25, 0.3) is 0 Å². The first kappa shape index (κ1) is 12.0. The molecule has 0 aromatic heterocycles. The van der Waals surface area contributed by atoms with Crippen molar-refractivity contribution in [3.8, 4) is 0 Å². The summed E-state index contributed by atoms with van der Waals surface area (Å²) in [7, 11) is 0. The molecule has 1 heteroatoms. The summed E-state index contributed by atoms with van der Waals surface area (Å²) >= 11 is 0. The van der Waals surface area contributed by atoms with E-state index in [0.29, 0.717) is 10.8 Å². The molecule has 0 aliphatic heterocycles. The number of nitrogens with two attached hydrogens (primary N) is 1. The Morgan fingerprint density at radius 1 is 1.00 bits per heavy atom. The molecule has 0 aromatic carbocycles. The molecule has 1 aliphatic rings. The lowest BCUT2D eigenvalue weighted by Crippen LogP contribution is -2.53. The molecule has 1 saturated carbocycles. The number of hydrogen-bond donors (Lipinski definition) is 1. The molecule has 1 unspecified atom stereocenters. The topological polar surface area (TPSA) is 26.0 Å². The normalized spacial score (nSPS) is 35.6. The maximum Gasteiger partial charge on any atom is 0.0131 e. The van der Waals surface area contributed by atoms with Crippen LogP contribution in [0.4, 0.5) is 0 Å². The second-order valence-electron chi connectivity index (χ2n) is 6.20. The third-order valence-corrected chi connectivity index (χ3v) is 4.85. The van der Waals surface area contributed by atoms with Gasteiger partial charge in [0.2, 0.25) is 0 Å². The van der Waals surface area contributed by atoms with E-state index in [1.165, 1.54) is 32.1 Å². The van der Waals surface area contributed by atoms with Gasteiger partial charge in [-0.15, -0.1) is 0 Å². The summed E-state index contributed by atoms with van der Waals surface area (Å²) in [5.74, 6) is 0. The van der Waals surface area contributed by atoms with E-state index in [1.807, 2.05) is 0 Å². The minimum absolute atomic E-state index is 0.0710. The molecule has 0 heterocycles. The fraction of sp³-hybridized carbons (Fsp3) is 1.00. The Hall–Kier alpha value is -0.0400. The van der Waals surface area contributed by atoms with E-state index in [-0.39, 0.29) is 5.54 Å². The Morgan fingerprint density at radius 3 is 1.86 bits per heavy atom. The van der Waals surface area contributed by atoms with Gasteiger partial charge in [0.05, 0.1) is 0 Å². The first-order valence-electron chi connectivity index (χ1n) is 6.07. The van der Waals surface area contributed by atoms with Crippen LogP contribution in [0, 0.1) is 10.8 Å². The van der Waals surface area contributed by atoms with Crippen LogP contribution >= 0.6 is 0 Å². The Bertz CT molecular complexity index is 199. The zero-order valence-electron chi connectivity index (χ0n) is 10.6. The first-order valence-corrected chi connectivity index (χ1v) is 6.07. The van der Waals surface area contributed by atoms with Crippen LogP contribution in [0.5, 0.6) is 0 Å². The molecule has 0 bridgehead atoms. The van der Waals surface area contributed by atoms with Crippen LogP contribution in [0.2, 0.25) is 0 Å². The second kappa shape index (κ2) is 3.52. The minimum Gasteiger partial charge on any atom is -0.325 e. The molecule has 1 atom stereocenters. The summed E-state index contributed by atoms with van der Waals surface area (Å²) in [6.07, 6.45) is 6.19. The predicted molar refractivity (Wildman–Crippen MR) is 63.2 cm³/mol. The first-order chi connectivity index (χ1) is 6.29. The average molecular weight is 197 g/mol. The minimum atomic E-state index is 0.0710. The molecule has 1 nitrogen and oxygen atoms in total. The van der Waals surface area contributed by atoms with E-state index in [2.05, 4.69) is 34.6 Å². The standard InChI is InChI=1S/C13H27N/c1-6-13(7-2)10-12(5,14)9-8-11(13,3)4/h6-10,14H2,1-5H3. The van der Waals surface area contributed by atoms with Crippen molar-refractivity contribution in [2.24, 2.45) is 16.6 Å². The molecule has 1 fully saturated rings. The van der Waals surface area contributed by atoms with Gasteiger partial charge in [-0.3, -0.25) is 0 Å². The zero-order chi connectivity index (χ0) is 11.0. The molecule has 1 rings (SSSR count). The quantitative estimate of drug-likeness (QED) is 0.717. The maximum absolute atomic E-state index is 6.33. The van der Waals surface area contributed by atoms with Gasteiger partial charge in [0, 0.05) is 5.54 Å². The second-order valence-corrected chi connectivity index (χ2v) is 6.20. The largest absolute Gasteiger partial charge is 0.325 e. The van der Waals surface area contributed by atoms with E-state index in [9.17, 15) is 0 Å². The molecule has 0 amide bonds. The summed E-state index contributed by atoms with van der Waals surface area (Å²) in [6.45, 7) is 11.7. The van der Waals surface area contributed by atoms with Crippen molar-refractivity contribution in [2.45, 2.75) is 72.3 Å². The van der Waals surface area contributed by atoms with E-state index < -0.39 is 0 Å². The lowest BCUT2D eigenvalue weighted by atomic mass is 9.52. The summed E-state index contributed by atoms with van der Waals surface area (Å²) in [6, 6.07) is 0. The van der Waals surface area contributed by atoms with Crippen LogP contribution in [0.25, 0.3) is 0 Å². The molecule has 14 heavy (non-hydrogen) atoms. The van der Waals surface area contributed by atoms with E-state index in [4.69, 9.17) is 5.73 Å². The van der Waals surface area contributed by atoms with E-state index in [1.54, 1.807) is 0 Å². The summed E-state index contributed by atoms with van der Waals surface area (Å²) in [5.41, 5.74) is 7.33. The molecular weight excluding hydrogens is 170 g/mol. The maximum atomic E-state index is 6.33. The zero-order valence-corrected chi connectivity index (χ0v) is 10.6. The molecule has 0 radical (unpaired) electrons. The fourth-order valence-electron chi connectivity index (χ4n) is 3.42. The highest BCUT2D eigenvalue weighted by Crippen LogP contribution is 2.56. The highest BCUT2D eigenvalue weighted by Gasteiger charge is 2.49. The number of hydrogen-bond acceptors (Lipinski definition) is 1. The summed E-state index contributed by atoms with van der Waals surface area (Å²) in [5, 5.41) is 0. The van der Waals surface area contributed by atoms with Crippen LogP contribution in [0.15, 0.2) is 0 Å². The fourth-order valence-corrected chi connectivity index (χ4v) is 3.42. The predicted octanol–water partition coefficient (Wildman–Crippen LogP) is 3.72. The van der Waals surface area contributed by atoms with E-state index >= 15 is 0 Å². The Labute approximate surface area is 89.5 Å². The van der Waals surface area contributed by atoms with Gasteiger partial charge in [-0.05, 0) is 49.9 Å². The van der Waals surface area contributed by atoms with Crippen LogP contribution in [-0.2, 0) is 0 Å². The van der Waals surface area contributed by atoms with Gasteiger partial charge in [-0.2, -0.15) is 0 Å². The van der Waals surface area contributed by atoms with Crippen molar-refractivity contribution in [3.63, 3.8) is 0 Å². The molecule has 0 aromatic rings. The number of rotatable bonds is 2. The van der Waals surface area contributed by atoms with Crippen LogP contribution in [-0.4, -0.2) is 5.54 Å². The molecule has 0 spiro atoms. The van der Waals surface area contributed by atoms with Crippen molar-refractivity contribution < 1.29 is 0 Å². The van der Waals surface area contributed by atoms with Crippen LogP contribution in [0.3, 0.4) is 0 Å². The molecule has 2 N–H and O–H groups in total.